The number of rotatable bonds is 1. The molecule has 1 aromatic carbocycles. The van der Waals surface area contributed by atoms with Crippen molar-refractivity contribution in [1.29, 1.82) is 0 Å². The van der Waals surface area contributed by atoms with Crippen LogP contribution in [0.4, 0.5) is 0 Å². The fourth-order valence-electron chi connectivity index (χ4n) is 0.846. The normalized spacial score (nSPS) is 10.0. The van der Waals surface area contributed by atoms with Crippen LogP contribution >= 0.6 is 0 Å². The Kier molecular flexibility index (Phi) is 1.48. The van der Waals surface area contributed by atoms with Gasteiger partial charge in [-0.1, -0.05) is 0 Å². The largest absolute Gasteiger partial charge is 0.508 e. The van der Waals surface area contributed by atoms with Crippen LogP contribution in [0.5, 0.6) is 5.75 Å². The molecule has 0 bridgehead atoms. The molecule has 1 N–H and O–H groups in total. The number of phenols is 1. The van der Waals surface area contributed by atoms with Crippen LogP contribution < -0.4 is 0 Å². The van der Waals surface area contributed by atoms with E-state index in [-0.39, 0.29) is 5.75 Å². The first kappa shape index (κ1) is 6.78. The first-order valence-corrected chi connectivity index (χ1v) is 3.32. The molecule has 2 aromatic rings. The van der Waals surface area contributed by atoms with E-state index in [4.69, 9.17) is 5.11 Å². The summed E-state index contributed by atoms with van der Waals surface area (Å²) in [5.74, 6) is 0.215. The van der Waals surface area contributed by atoms with E-state index in [1.54, 1.807) is 24.3 Å². The second-order valence-corrected chi connectivity index (χ2v) is 2.21. The van der Waals surface area contributed by atoms with Crippen molar-refractivity contribution < 1.29 is 5.11 Å². The summed E-state index contributed by atoms with van der Waals surface area (Å²) in [5.41, 5.74) is 0.762. The minimum absolute atomic E-state index is 0.215. The van der Waals surface area contributed by atoms with E-state index in [1.807, 2.05) is 0 Å². The van der Waals surface area contributed by atoms with Gasteiger partial charge >= 0.3 is 0 Å². The third-order valence-electron chi connectivity index (χ3n) is 1.41. The van der Waals surface area contributed by atoms with Gasteiger partial charge in [0, 0.05) is 0 Å². The number of hydrogen-bond acceptors (Lipinski definition) is 4. The molecule has 12 heavy (non-hydrogen) atoms. The monoisotopic (exact) mass is 161 g/mol. The Bertz CT molecular complexity index is 353. The first-order valence-electron chi connectivity index (χ1n) is 3.32. The summed E-state index contributed by atoms with van der Waals surface area (Å²) in [6, 6.07) is 6.51. The molecule has 0 saturated heterocycles. The second kappa shape index (κ2) is 2.61. The minimum atomic E-state index is 0.215. The van der Waals surface area contributed by atoms with Gasteiger partial charge in [0.15, 0.2) is 0 Å². The first-order chi connectivity index (χ1) is 5.86. The molecular formula is C7H5N4O. The maximum Gasteiger partial charge on any atom is 0.226 e. The lowest BCUT2D eigenvalue weighted by Gasteiger charge is -1.96. The quantitative estimate of drug-likeness (QED) is 0.647. The van der Waals surface area contributed by atoms with E-state index in [0.717, 1.165) is 5.69 Å². The molecule has 0 unspecified atom stereocenters. The summed E-state index contributed by atoms with van der Waals surface area (Å²) < 4.78 is 1.39. The number of phenolic OH excluding ortho intramolecular Hbond substituents is 1. The van der Waals surface area contributed by atoms with E-state index in [9.17, 15) is 0 Å². The standard InChI is InChI=1S/C7H5N4O/c12-7-3-1-6(2-4-7)11-5-8-9-10-11/h1-4,12H. The molecule has 0 amide bonds. The number of tetrazole rings is 1. The van der Waals surface area contributed by atoms with Crippen LogP contribution in [-0.2, 0) is 0 Å². The third kappa shape index (κ3) is 1.12. The molecule has 0 atom stereocenters. The van der Waals surface area contributed by atoms with Crippen molar-refractivity contribution in [3.05, 3.63) is 30.6 Å². The van der Waals surface area contributed by atoms with E-state index < -0.39 is 0 Å². The number of aromatic nitrogens is 4. The van der Waals surface area contributed by atoms with Crippen LogP contribution in [0, 0.1) is 6.33 Å². The molecule has 0 fully saturated rings. The fraction of sp³-hybridized carbons (Fsp3) is 0. The molecule has 0 aliphatic carbocycles. The Hall–Kier alpha value is -1.91. The average molecular weight is 161 g/mol. The van der Waals surface area contributed by atoms with E-state index in [0.29, 0.717) is 0 Å². The van der Waals surface area contributed by atoms with Crippen molar-refractivity contribution in [2.45, 2.75) is 0 Å². The van der Waals surface area contributed by atoms with Crippen molar-refractivity contribution in [3.63, 3.8) is 0 Å². The number of aromatic hydroxyl groups is 1. The summed E-state index contributed by atoms with van der Waals surface area (Å²) in [7, 11) is 0. The molecule has 1 radical (unpaired) electrons. The van der Waals surface area contributed by atoms with Gasteiger partial charge in [-0.25, -0.2) is 0 Å². The lowest BCUT2D eigenvalue weighted by molar-refractivity contribution is 0.475. The molecule has 0 aliphatic rings. The van der Waals surface area contributed by atoms with Gasteiger partial charge in [-0.2, -0.15) is 4.68 Å². The Labute approximate surface area is 68.3 Å². The average Bonchev–Trinajstić information content (AvgIpc) is 2.58. The van der Waals surface area contributed by atoms with Crippen LogP contribution in [0.25, 0.3) is 5.69 Å². The molecule has 1 aromatic heterocycles. The van der Waals surface area contributed by atoms with Gasteiger partial charge in [0.25, 0.3) is 0 Å². The topological polar surface area (TPSA) is 63.8 Å². The van der Waals surface area contributed by atoms with E-state index in [2.05, 4.69) is 21.9 Å². The Morgan fingerprint density at radius 1 is 1.25 bits per heavy atom. The maximum atomic E-state index is 8.98. The maximum absolute atomic E-state index is 8.98. The van der Waals surface area contributed by atoms with Crippen LogP contribution in [0.3, 0.4) is 0 Å². The summed E-state index contributed by atoms with van der Waals surface area (Å²) in [5, 5.41) is 19.4. The van der Waals surface area contributed by atoms with Crippen molar-refractivity contribution in [2.24, 2.45) is 0 Å². The predicted molar refractivity (Wildman–Crippen MR) is 39.7 cm³/mol. The van der Waals surface area contributed by atoms with E-state index >= 15 is 0 Å². The van der Waals surface area contributed by atoms with Crippen molar-refractivity contribution in [3.8, 4) is 11.4 Å². The molecular weight excluding hydrogens is 156 g/mol. The van der Waals surface area contributed by atoms with Gasteiger partial charge < -0.3 is 5.11 Å². The lowest BCUT2D eigenvalue weighted by Crippen LogP contribution is -1.94. The lowest BCUT2D eigenvalue weighted by atomic mass is 10.3. The number of nitrogens with zero attached hydrogens (tertiary/aromatic N) is 4. The second-order valence-electron chi connectivity index (χ2n) is 2.21. The molecule has 5 heteroatoms. The zero-order valence-corrected chi connectivity index (χ0v) is 6.05. The molecule has 59 valence electrons. The zero-order chi connectivity index (χ0) is 8.39. The Balaban J connectivity index is 2.43. The van der Waals surface area contributed by atoms with Crippen LogP contribution in [-0.4, -0.2) is 25.3 Å². The zero-order valence-electron chi connectivity index (χ0n) is 6.05. The van der Waals surface area contributed by atoms with Gasteiger partial charge in [0.2, 0.25) is 6.33 Å². The van der Waals surface area contributed by atoms with Crippen LogP contribution in [0.1, 0.15) is 0 Å². The summed E-state index contributed by atoms with van der Waals surface area (Å²) in [6.07, 6.45) is 2.54. The fourth-order valence-corrected chi connectivity index (χ4v) is 0.846. The van der Waals surface area contributed by atoms with Crippen molar-refractivity contribution in [2.75, 3.05) is 0 Å². The molecule has 0 spiro atoms. The smallest absolute Gasteiger partial charge is 0.226 e. The van der Waals surface area contributed by atoms with Gasteiger partial charge in [-0.3, -0.25) is 0 Å². The number of benzene rings is 1. The Morgan fingerprint density at radius 2 is 2.00 bits per heavy atom. The molecule has 2 rings (SSSR count). The highest BCUT2D eigenvalue weighted by Crippen LogP contribution is 2.11. The van der Waals surface area contributed by atoms with Crippen molar-refractivity contribution >= 4 is 0 Å². The highest BCUT2D eigenvalue weighted by molar-refractivity contribution is 5.35. The van der Waals surface area contributed by atoms with Gasteiger partial charge in [0.1, 0.15) is 5.75 Å². The van der Waals surface area contributed by atoms with Gasteiger partial charge in [-0.05, 0) is 34.7 Å². The SMILES string of the molecule is Oc1ccc(-n2[c]nnn2)cc1. The molecule has 5 nitrogen and oxygen atoms in total. The highest BCUT2D eigenvalue weighted by atomic mass is 16.3. The minimum Gasteiger partial charge on any atom is -0.508 e. The Morgan fingerprint density at radius 3 is 2.58 bits per heavy atom. The summed E-state index contributed by atoms with van der Waals surface area (Å²) >= 11 is 0. The van der Waals surface area contributed by atoms with Crippen LogP contribution in [0.2, 0.25) is 0 Å². The molecule has 0 aliphatic heterocycles. The summed E-state index contributed by atoms with van der Waals surface area (Å²) in [4.78, 5) is 0. The van der Waals surface area contributed by atoms with Gasteiger partial charge in [-0.15, -0.1) is 5.10 Å². The molecule has 0 saturated carbocycles. The predicted octanol–water partition coefficient (Wildman–Crippen LogP) is 0.168. The number of hydrogen-bond donors (Lipinski definition) is 1. The van der Waals surface area contributed by atoms with Crippen LogP contribution in [0.15, 0.2) is 24.3 Å². The van der Waals surface area contributed by atoms with Gasteiger partial charge in [0.05, 0.1) is 5.69 Å². The molecule has 1 heterocycles. The highest BCUT2D eigenvalue weighted by Gasteiger charge is 1.96. The summed E-state index contributed by atoms with van der Waals surface area (Å²) in [6.45, 7) is 0. The third-order valence-corrected chi connectivity index (χ3v) is 1.41. The van der Waals surface area contributed by atoms with Crippen molar-refractivity contribution in [1.82, 2.24) is 20.2 Å². The van der Waals surface area contributed by atoms with E-state index in [1.165, 1.54) is 4.68 Å².